The van der Waals surface area contributed by atoms with Crippen LogP contribution >= 0.6 is 0 Å². The van der Waals surface area contributed by atoms with Crippen LogP contribution in [0.25, 0.3) is 0 Å². The van der Waals surface area contributed by atoms with E-state index in [1.165, 1.54) is 12.1 Å². The first-order chi connectivity index (χ1) is 10.0. The number of hydrogen-bond acceptors (Lipinski definition) is 2. The van der Waals surface area contributed by atoms with Crippen LogP contribution in [0.3, 0.4) is 0 Å². The summed E-state index contributed by atoms with van der Waals surface area (Å²) in [5, 5.41) is 0. The first kappa shape index (κ1) is 15.4. The zero-order chi connectivity index (χ0) is 15.4. The molecule has 4 heteroatoms. The Balaban J connectivity index is 2.35. The molecule has 2 atom stereocenters. The highest BCUT2D eigenvalue weighted by atomic mass is 19.1. The van der Waals surface area contributed by atoms with Crippen LogP contribution in [0.15, 0.2) is 42.5 Å². The van der Waals surface area contributed by atoms with Crippen molar-refractivity contribution in [2.45, 2.75) is 32.4 Å². The lowest BCUT2D eigenvalue weighted by molar-refractivity contribution is 0.163. The average Bonchev–Trinajstić information content (AvgIpc) is 2.48. The van der Waals surface area contributed by atoms with Gasteiger partial charge in [-0.1, -0.05) is 31.2 Å². The zero-order valence-electron chi connectivity index (χ0n) is 12.1. The van der Waals surface area contributed by atoms with Gasteiger partial charge in [-0.15, -0.1) is 0 Å². The van der Waals surface area contributed by atoms with Gasteiger partial charge < -0.3 is 10.5 Å². The molecule has 0 fully saturated rings. The van der Waals surface area contributed by atoms with E-state index in [1.807, 2.05) is 6.92 Å². The van der Waals surface area contributed by atoms with Crippen LogP contribution in [-0.4, -0.2) is 6.04 Å². The van der Waals surface area contributed by atoms with Crippen LogP contribution in [0.4, 0.5) is 8.78 Å². The van der Waals surface area contributed by atoms with Gasteiger partial charge in [0.1, 0.15) is 11.9 Å². The molecular formula is C17H19F2NO. The molecular weight excluding hydrogens is 272 g/mol. The summed E-state index contributed by atoms with van der Waals surface area (Å²) in [7, 11) is 0. The largest absolute Gasteiger partial charge is 0.481 e. The van der Waals surface area contributed by atoms with Gasteiger partial charge >= 0.3 is 0 Å². The number of nitrogens with two attached hydrogens (primary N) is 1. The number of rotatable bonds is 5. The molecule has 2 unspecified atom stereocenters. The first-order valence-corrected chi connectivity index (χ1v) is 6.95. The number of ether oxygens (including phenoxy) is 1. The Morgan fingerprint density at radius 1 is 1.14 bits per heavy atom. The minimum absolute atomic E-state index is 0.133. The summed E-state index contributed by atoms with van der Waals surface area (Å²) < 4.78 is 33.2. The molecule has 2 aromatic rings. The Hall–Kier alpha value is -1.94. The molecule has 0 aliphatic rings. The Kier molecular flexibility index (Phi) is 4.91. The van der Waals surface area contributed by atoms with Crippen LogP contribution in [-0.2, 0) is 0 Å². The van der Waals surface area contributed by atoms with Gasteiger partial charge in [-0.05, 0) is 42.7 Å². The number of benzene rings is 2. The van der Waals surface area contributed by atoms with Crippen LogP contribution in [0.2, 0.25) is 0 Å². The summed E-state index contributed by atoms with van der Waals surface area (Å²) in [6.07, 6.45) is 0.0382. The maximum Gasteiger partial charge on any atom is 0.167 e. The molecule has 2 N–H and O–H groups in total. The third kappa shape index (κ3) is 3.58. The fraction of sp³-hybridized carbons (Fsp3) is 0.294. The lowest BCUT2D eigenvalue weighted by Gasteiger charge is -2.25. The predicted molar refractivity (Wildman–Crippen MR) is 79.2 cm³/mol. The van der Waals surface area contributed by atoms with Crippen molar-refractivity contribution in [2.75, 3.05) is 0 Å². The van der Waals surface area contributed by atoms with E-state index in [-0.39, 0.29) is 17.6 Å². The first-order valence-electron chi connectivity index (χ1n) is 6.95. The Morgan fingerprint density at radius 3 is 2.52 bits per heavy atom. The predicted octanol–water partition coefficient (Wildman–Crippen LogP) is 4.13. The Bertz CT molecular complexity index is 615. The second kappa shape index (κ2) is 6.68. The van der Waals surface area contributed by atoms with E-state index in [2.05, 4.69) is 0 Å². The molecule has 0 saturated carbocycles. The van der Waals surface area contributed by atoms with Gasteiger partial charge in [0.25, 0.3) is 0 Å². The summed E-state index contributed by atoms with van der Waals surface area (Å²) in [6.45, 7) is 3.58. The monoisotopic (exact) mass is 291 g/mol. The van der Waals surface area contributed by atoms with E-state index >= 15 is 0 Å². The van der Waals surface area contributed by atoms with Crippen molar-refractivity contribution in [3.63, 3.8) is 0 Å². The molecule has 0 saturated heterocycles. The van der Waals surface area contributed by atoms with Gasteiger partial charge in [0, 0.05) is 6.04 Å². The molecule has 0 aromatic heterocycles. The van der Waals surface area contributed by atoms with Crippen LogP contribution < -0.4 is 10.5 Å². The maximum atomic E-state index is 14.1. The standard InChI is InChI=1S/C17H19F2NO/c1-3-14(20)17(12-7-5-8-13(18)10-12)21-15-9-4-6-11(2)16(15)19/h4-10,14,17H,3,20H2,1-2H3. The SMILES string of the molecule is CCC(N)C(Oc1cccc(C)c1F)c1cccc(F)c1. The van der Waals surface area contributed by atoms with Crippen molar-refractivity contribution < 1.29 is 13.5 Å². The lowest BCUT2D eigenvalue weighted by atomic mass is 10.0. The van der Waals surface area contributed by atoms with Gasteiger partial charge in [0.2, 0.25) is 0 Å². The molecule has 0 radical (unpaired) electrons. The summed E-state index contributed by atoms with van der Waals surface area (Å²) in [6, 6.07) is 10.6. The lowest BCUT2D eigenvalue weighted by Crippen LogP contribution is -2.31. The highest BCUT2D eigenvalue weighted by Gasteiger charge is 2.22. The van der Waals surface area contributed by atoms with Gasteiger partial charge in [-0.2, -0.15) is 0 Å². The molecule has 0 amide bonds. The average molecular weight is 291 g/mol. The molecule has 112 valence electrons. The van der Waals surface area contributed by atoms with E-state index in [9.17, 15) is 8.78 Å². The molecule has 2 nitrogen and oxygen atoms in total. The van der Waals surface area contributed by atoms with E-state index in [4.69, 9.17) is 10.5 Å². The summed E-state index contributed by atoms with van der Waals surface area (Å²) >= 11 is 0. The molecule has 0 spiro atoms. The molecule has 0 bridgehead atoms. The topological polar surface area (TPSA) is 35.2 Å². The van der Waals surface area contributed by atoms with Gasteiger partial charge in [-0.3, -0.25) is 0 Å². The fourth-order valence-electron chi connectivity index (χ4n) is 2.15. The molecule has 2 rings (SSSR count). The van der Waals surface area contributed by atoms with Crippen molar-refractivity contribution in [1.82, 2.24) is 0 Å². The van der Waals surface area contributed by atoms with Gasteiger partial charge in [0.15, 0.2) is 11.6 Å². The van der Waals surface area contributed by atoms with Gasteiger partial charge in [0.05, 0.1) is 0 Å². The number of aryl methyl sites for hydroxylation is 1. The molecule has 21 heavy (non-hydrogen) atoms. The van der Waals surface area contributed by atoms with Crippen LogP contribution in [0.5, 0.6) is 5.75 Å². The van der Waals surface area contributed by atoms with Crippen molar-refractivity contribution in [2.24, 2.45) is 5.73 Å². The Morgan fingerprint density at radius 2 is 1.86 bits per heavy atom. The Labute approximate surface area is 123 Å². The second-order valence-corrected chi connectivity index (χ2v) is 5.05. The third-order valence-corrected chi connectivity index (χ3v) is 3.45. The molecule has 0 aliphatic heterocycles. The van der Waals surface area contributed by atoms with Crippen molar-refractivity contribution in [1.29, 1.82) is 0 Å². The summed E-state index contributed by atoms with van der Waals surface area (Å²) in [4.78, 5) is 0. The van der Waals surface area contributed by atoms with E-state index in [1.54, 1.807) is 37.3 Å². The van der Waals surface area contributed by atoms with Gasteiger partial charge in [-0.25, -0.2) is 8.78 Å². The summed E-state index contributed by atoms with van der Waals surface area (Å²) in [5.74, 6) is -0.649. The van der Waals surface area contributed by atoms with Crippen molar-refractivity contribution >= 4 is 0 Å². The minimum Gasteiger partial charge on any atom is -0.481 e. The molecule has 0 aliphatic carbocycles. The third-order valence-electron chi connectivity index (χ3n) is 3.45. The van der Waals surface area contributed by atoms with Crippen molar-refractivity contribution in [3.8, 4) is 5.75 Å². The molecule has 0 heterocycles. The zero-order valence-corrected chi connectivity index (χ0v) is 12.1. The fourth-order valence-corrected chi connectivity index (χ4v) is 2.15. The highest BCUT2D eigenvalue weighted by Crippen LogP contribution is 2.29. The number of halogens is 2. The summed E-state index contributed by atoms with van der Waals surface area (Å²) in [5.41, 5.74) is 7.16. The van der Waals surface area contributed by atoms with E-state index in [0.717, 1.165) is 0 Å². The maximum absolute atomic E-state index is 14.1. The second-order valence-electron chi connectivity index (χ2n) is 5.05. The molecule has 2 aromatic carbocycles. The minimum atomic E-state index is -0.595. The number of hydrogen-bond donors (Lipinski definition) is 1. The smallest absolute Gasteiger partial charge is 0.167 e. The van der Waals surface area contributed by atoms with E-state index < -0.39 is 11.9 Å². The van der Waals surface area contributed by atoms with Crippen LogP contribution in [0.1, 0.15) is 30.6 Å². The van der Waals surface area contributed by atoms with Crippen molar-refractivity contribution in [3.05, 3.63) is 65.2 Å². The highest BCUT2D eigenvalue weighted by molar-refractivity contribution is 5.31. The van der Waals surface area contributed by atoms with E-state index in [0.29, 0.717) is 17.5 Å². The van der Waals surface area contributed by atoms with Crippen LogP contribution in [0, 0.1) is 18.6 Å². The normalized spacial score (nSPS) is 13.8. The quantitative estimate of drug-likeness (QED) is 0.899.